The predicted octanol–water partition coefficient (Wildman–Crippen LogP) is 19.2. The van der Waals surface area contributed by atoms with Gasteiger partial charge >= 0.3 is 5.97 Å². The number of hydrogen-bond donors (Lipinski definition) is 3. The van der Waals surface area contributed by atoms with Crippen molar-refractivity contribution in [2.24, 2.45) is 0 Å². The van der Waals surface area contributed by atoms with Crippen molar-refractivity contribution in [1.29, 1.82) is 0 Å². The molecule has 404 valence electrons. The van der Waals surface area contributed by atoms with Crippen LogP contribution in [-0.4, -0.2) is 47.4 Å². The summed E-state index contributed by atoms with van der Waals surface area (Å²) in [5.41, 5.74) is 0. The zero-order valence-corrected chi connectivity index (χ0v) is 46.1. The van der Waals surface area contributed by atoms with Crippen LogP contribution in [0.1, 0.15) is 348 Å². The third kappa shape index (κ3) is 53.9. The molecule has 0 aliphatic carbocycles. The van der Waals surface area contributed by atoms with Crippen molar-refractivity contribution in [3.8, 4) is 0 Å². The molecule has 1 amide bonds. The summed E-state index contributed by atoms with van der Waals surface area (Å²) >= 11 is 0. The predicted molar refractivity (Wildman–Crippen MR) is 297 cm³/mol. The van der Waals surface area contributed by atoms with Gasteiger partial charge in [0.25, 0.3) is 0 Å². The molecule has 2 atom stereocenters. The van der Waals surface area contributed by atoms with E-state index in [1.54, 1.807) is 6.08 Å². The first-order valence-corrected chi connectivity index (χ1v) is 31.0. The van der Waals surface area contributed by atoms with Crippen LogP contribution in [0, 0.1) is 0 Å². The van der Waals surface area contributed by atoms with Gasteiger partial charge in [-0.05, 0) is 32.1 Å². The summed E-state index contributed by atoms with van der Waals surface area (Å²) in [5, 5.41) is 23.1. The maximum atomic E-state index is 12.5. The lowest BCUT2D eigenvalue weighted by Gasteiger charge is -2.20. The van der Waals surface area contributed by atoms with Gasteiger partial charge in [0.05, 0.1) is 25.4 Å². The smallest absolute Gasteiger partial charge is 0.305 e. The summed E-state index contributed by atoms with van der Waals surface area (Å²) in [4.78, 5) is 24.5. The average molecular weight is 961 g/mol. The van der Waals surface area contributed by atoms with Gasteiger partial charge in [-0.15, -0.1) is 0 Å². The Balaban J connectivity index is 3.40. The number of esters is 1. The lowest BCUT2D eigenvalue weighted by Crippen LogP contribution is -2.45. The molecule has 3 N–H and O–H groups in total. The summed E-state index contributed by atoms with van der Waals surface area (Å²) in [7, 11) is 0. The molecule has 0 aliphatic rings. The van der Waals surface area contributed by atoms with E-state index in [-0.39, 0.29) is 18.5 Å². The first-order valence-electron chi connectivity index (χ1n) is 31.0. The second-order valence-electron chi connectivity index (χ2n) is 21.4. The second kappa shape index (κ2) is 58.2. The fourth-order valence-corrected chi connectivity index (χ4v) is 9.81. The molecule has 68 heavy (non-hydrogen) atoms. The molecule has 0 fully saturated rings. The number of allylic oxidation sites excluding steroid dienone is 1. The highest BCUT2D eigenvalue weighted by Gasteiger charge is 2.18. The minimum Gasteiger partial charge on any atom is -0.466 e. The molecule has 0 aromatic rings. The Bertz CT molecular complexity index is 1020. The van der Waals surface area contributed by atoms with Gasteiger partial charge in [0.1, 0.15) is 0 Å². The lowest BCUT2D eigenvalue weighted by molar-refractivity contribution is -0.143. The van der Waals surface area contributed by atoms with E-state index in [4.69, 9.17) is 4.74 Å². The highest BCUT2D eigenvalue weighted by Crippen LogP contribution is 2.18. The van der Waals surface area contributed by atoms with E-state index in [1.807, 2.05) is 6.08 Å². The van der Waals surface area contributed by atoms with Crippen LogP contribution in [0.15, 0.2) is 12.2 Å². The quantitative estimate of drug-likeness (QED) is 0.0321. The number of unbranched alkanes of at least 4 members (excludes halogenated alkanes) is 47. The molecule has 0 saturated heterocycles. The Morgan fingerprint density at radius 1 is 0.397 bits per heavy atom. The van der Waals surface area contributed by atoms with Gasteiger partial charge in [0.2, 0.25) is 5.91 Å². The number of rotatable bonds is 58. The van der Waals surface area contributed by atoms with Crippen LogP contribution in [-0.2, 0) is 14.3 Å². The first-order chi connectivity index (χ1) is 33.5. The number of aliphatic hydroxyl groups excluding tert-OH is 2. The van der Waals surface area contributed by atoms with E-state index in [9.17, 15) is 19.8 Å². The van der Waals surface area contributed by atoms with Crippen LogP contribution in [0.5, 0.6) is 0 Å². The maximum Gasteiger partial charge on any atom is 0.305 e. The van der Waals surface area contributed by atoms with Crippen LogP contribution in [0.3, 0.4) is 0 Å². The van der Waals surface area contributed by atoms with E-state index in [0.717, 1.165) is 38.5 Å². The Morgan fingerprint density at radius 2 is 0.676 bits per heavy atom. The van der Waals surface area contributed by atoms with Gasteiger partial charge in [-0.25, -0.2) is 0 Å². The molecule has 6 heteroatoms. The minimum absolute atomic E-state index is 0.0135. The fourth-order valence-electron chi connectivity index (χ4n) is 9.81. The molecule has 6 nitrogen and oxygen atoms in total. The van der Waals surface area contributed by atoms with Crippen LogP contribution < -0.4 is 5.32 Å². The van der Waals surface area contributed by atoms with Crippen LogP contribution in [0.4, 0.5) is 0 Å². The highest BCUT2D eigenvalue weighted by molar-refractivity contribution is 5.76. The van der Waals surface area contributed by atoms with Crippen LogP contribution in [0.2, 0.25) is 0 Å². The molecular formula is C62H121NO5. The summed E-state index contributed by atoms with van der Waals surface area (Å²) in [6, 6.07) is -0.628. The van der Waals surface area contributed by atoms with E-state index >= 15 is 0 Å². The van der Waals surface area contributed by atoms with E-state index < -0.39 is 12.1 Å². The number of hydrogen-bond acceptors (Lipinski definition) is 5. The number of nitrogens with one attached hydrogen (secondary N) is 1. The highest BCUT2D eigenvalue weighted by atomic mass is 16.5. The van der Waals surface area contributed by atoms with E-state index in [1.165, 1.54) is 283 Å². The van der Waals surface area contributed by atoms with E-state index in [0.29, 0.717) is 19.4 Å². The molecule has 0 bridgehead atoms. The van der Waals surface area contributed by atoms with Crippen molar-refractivity contribution in [1.82, 2.24) is 5.32 Å². The minimum atomic E-state index is -0.845. The van der Waals surface area contributed by atoms with Gasteiger partial charge in [0, 0.05) is 12.8 Å². The zero-order chi connectivity index (χ0) is 49.3. The Labute approximate surface area is 425 Å². The number of carbonyl (C=O) groups is 2. The van der Waals surface area contributed by atoms with Crippen molar-refractivity contribution in [3.05, 3.63) is 12.2 Å². The molecule has 0 heterocycles. The lowest BCUT2D eigenvalue weighted by atomic mass is 10.0. The third-order valence-electron chi connectivity index (χ3n) is 14.6. The van der Waals surface area contributed by atoms with E-state index in [2.05, 4.69) is 19.2 Å². The fraction of sp³-hybridized carbons (Fsp3) is 0.935. The van der Waals surface area contributed by atoms with Gasteiger partial charge in [-0.1, -0.05) is 315 Å². The standard InChI is InChI=1S/C62H121NO5/c1-3-5-7-9-11-13-15-17-19-27-30-34-38-42-46-50-54-60(65)59(58-64)63-61(66)55-51-47-43-39-35-31-28-24-22-20-21-23-25-29-33-37-41-45-49-53-57-68-62(67)56-52-48-44-40-36-32-26-18-16-14-12-10-8-6-4-2/h50,54,59-60,64-65H,3-49,51-53,55-58H2,1-2H3,(H,63,66)/b54-50+. The molecule has 0 radical (unpaired) electrons. The molecule has 0 rings (SSSR count). The normalized spacial score (nSPS) is 12.6. The average Bonchev–Trinajstić information content (AvgIpc) is 3.34. The molecule has 0 aromatic carbocycles. The number of carbonyl (C=O) groups excluding carboxylic acids is 2. The van der Waals surface area contributed by atoms with Crippen molar-refractivity contribution in [2.75, 3.05) is 13.2 Å². The SMILES string of the molecule is CCCCCCCCCCCCCCCC/C=C/C(O)C(CO)NC(=O)CCCCCCCCCCCCCCCCCCCCCCOC(=O)CCCCCCCCCCCCCCCCC. The first kappa shape index (κ1) is 66.6. The van der Waals surface area contributed by atoms with Crippen molar-refractivity contribution >= 4 is 11.9 Å². The van der Waals surface area contributed by atoms with Gasteiger partial charge in [-0.2, -0.15) is 0 Å². The van der Waals surface area contributed by atoms with Gasteiger partial charge in [0.15, 0.2) is 0 Å². The summed E-state index contributed by atoms with van der Waals surface area (Å²) in [5.74, 6) is -0.0537. The molecular weight excluding hydrogens is 839 g/mol. The van der Waals surface area contributed by atoms with Crippen LogP contribution in [0.25, 0.3) is 0 Å². The van der Waals surface area contributed by atoms with Crippen molar-refractivity contribution in [3.63, 3.8) is 0 Å². The molecule has 2 unspecified atom stereocenters. The second-order valence-corrected chi connectivity index (χ2v) is 21.4. The summed E-state index contributed by atoms with van der Waals surface area (Å²) < 4.78 is 5.49. The largest absolute Gasteiger partial charge is 0.466 e. The molecule has 0 spiro atoms. The molecule has 0 saturated carbocycles. The maximum absolute atomic E-state index is 12.5. The monoisotopic (exact) mass is 960 g/mol. The number of ether oxygens (including phenoxy) is 1. The van der Waals surface area contributed by atoms with Crippen molar-refractivity contribution in [2.45, 2.75) is 360 Å². The molecule has 0 aliphatic heterocycles. The van der Waals surface area contributed by atoms with Crippen molar-refractivity contribution < 1.29 is 24.5 Å². The van der Waals surface area contributed by atoms with Gasteiger partial charge < -0.3 is 20.3 Å². The third-order valence-corrected chi connectivity index (χ3v) is 14.6. The van der Waals surface area contributed by atoms with Gasteiger partial charge in [-0.3, -0.25) is 9.59 Å². The zero-order valence-electron chi connectivity index (χ0n) is 46.1. The van der Waals surface area contributed by atoms with Crippen LogP contribution >= 0.6 is 0 Å². The Kier molecular flexibility index (Phi) is 57.0. The molecule has 0 aromatic heterocycles. The topological polar surface area (TPSA) is 95.9 Å². The summed E-state index contributed by atoms with van der Waals surface area (Å²) in [6.07, 6.45) is 69.6. The Hall–Kier alpha value is -1.40. The number of aliphatic hydroxyl groups is 2. The number of amides is 1. The Morgan fingerprint density at radius 3 is 1.00 bits per heavy atom. The summed E-state index contributed by atoms with van der Waals surface area (Å²) in [6.45, 7) is 4.93.